The van der Waals surface area contributed by atoms with E-state index >= 15 is 0 Å². The zero-order valence-corrected chi connectivity index (χ0v) is 14.5. The van der Waals surface area contributed by atoms with Crippen molar-refractivity contribution in [2.45, 2.75) is 20.0 Å². The molecule has 0 saturated carbocycles. The van der Waals surface area contributed by atoms with Crippen LogP contribution in [0.25, 0.3) is 11.0 Å². The van der Waals surface area contributed by atoms with Crippen molar-refractivity contribution >= 4 is 28.5 Å². The van der Waals surface area contributed by atoms with E-state index in [1.165, 1.54) is 30.3 Å². The average molecular weight is 377 g/mol. The van der Waals surface area contributed by atoms with E-state index in [4.69, 9.17) is 20.8 Å². The first-order chi connectivity index (χ1) is 12.4. The first kappa shape index (κ1) is 17.9. The summed E-state index contributed by atoms with van der Waals surface area (Å²) in [4.78, 5) is 23.8. The second-order valence-corrected chi connectivity index (χ2v) is 6.12. The molecule has 1 aromatic heterocycles. The Labute approximate surface area is 152 Å². The zero-order valence-electron chi connectivity index (χ0n) is 13.7. The normalized spacial score (nSPS) is 10.9. The molecule has 7 heteroatoms. The van der Waals surface area contributed by atoms with Crippen molar-refractivity contribution in [3.63, 3.8) is 0 Å². The molecule has 0 fully saturated rings. The maximum absolute atomic E-state index is 13.7. The Bertz CT molecular complexity index is 1040. The molecule has 0 saturated heterocycles. The highest BCUT2D eigenvalue weighted by Crippen LogP contribution is 2.28. The molecule has 0 bridgehead atoms. The van der Waals surface area contributed by atoms with Gasteiger partial charge < -0.3 is 14.3 Å². The summed E-state index contributed by atoms with van der Waals surface area (Å²) in [5, 5.41) is 10.4. The third kappa shape index (κ3) is 3.55. The number of benzene rings is 2. The highest BCUT2D eigenvalue weighted by Gasteiger charge is 2.15. The molecule has 0 aliphatic rings. The summed E-state index contributed by atoms with van der Waals surface area (Å²) in [5.74, 6) is -1.29. The Hall–Kier alpha value is -2.86. The number of carbonyl (C=O) groups is 1. The second kappa shape index (κ2) is 7.17. The van der Waals surface area contributed by atoms with Gasteiger partial charge in [0.05, 0.1) is 6.42 Å². The maximum atomic E-state index is 13.7. The minimum absolute atomic E-state index is 0.0102. The number of fused-ring (bicyclic) bond motifs is 1. The fourth-order valence-electron chi connectivity index (χ4n) is 2.59. The highest BCUT2D eigenvalue weighted by molar-refractivity contribution is 6.31. The van der Waals surface area contributed by atoms with E-state index in [2.05, 4.69) is 0 Å². The van der Waals surface area contributed by atoms with Crippen LogP contribution in [0.3, 0.4) is 0 Å². The number of hydrogen-bond acceptors (Lipinski definition) is 5. The van der Waals surface area contributed by atoms with Crippen molar-refractivity contribution in [1.82, 2.24) is 0 Å². The van der Waals surface area contributed by atoms with Gasteiger partial charge in [0.2, 0.25) is 0 Å². The molecule has 26 heavy (non-hydrogen) atoms. The van der Waals surface area contributed by atoms with E-state index < -0.39 is 17.4 Å². The van der Waals surface area contributed by atoms with Crippen molar-refractivity contribution in [1.29, 1.82) is 0 Å². The van der Waals surface area contributed by atoms with Crippen LogP contribution in [0.5, 0.6) is 5.75 Å². The Morgan fingerprint density at radius 2 is 2.08 bits per heavy atom. The van der Waals surface area contributed by atoms with Crippen molar-refractivity contribution in [3.8, 4) is 5.75 Å². The molecule has 3 aromatic rings. The van der Waals surface area contributed by atoms with Gasteiger partial charge >= 0.3 is 11.6 Å². The van der Waals surface area contributed by atoms with Crippen LogP contribution in [0.4, 0.5) is 4.39 Å². The maximum Gasteiger partial charge on any atom is 0.336 e. The molecule has 2 aromatic carbocycles. The summed E-state index contributed by atoms with van der Waals surface area (Å²) >= 11 is 5.90. The predicted molar refractivity (Wildman–Crippen MR) is 93.8 cm³/mol. The minimum atomic E-state index is -0.686. The van der Waals surface area contributed by atoms with Gasteiger partial charge in [-0.25, -0.2) is 9.18 Å². The molecular formula is C19H14ClFO5. The van der Waals surface area contributed by atoms with E-state index in [0.29, 0.717) is 16.5 Å². The van der Waals surface area contributed by atoms with Crippen LogP contribution in [0.15, 0.2) is 45.6 Å². The molecule has 0 amide bonds. The lowest BCUT2D eigenvalue weighted by atomic mass is 10.1. The van der Waals surface area contributed by atoms with Crippen LogP contribution in [0.1, 0.15) is 16.7 Å². The summed E-state index contributed by atoms with van der Waals surface area (Å²) in [5.41, 5.74) is 0.478. The van der Waals surface area contributed by atoms with Crippen LogP contribution >= 0.6 is 11.6 Å². The number of phenolic OH excluding ortho intramolecular Hbond substituents is 1. The Morgan fingerprint density at radius 3 is 2.81 bits per heavy atom. The molecule has 0 aliphatic carbocycles. The molecule has 5 nitrogen and oxygen atoms in total. The number of halogens is 2. The first-order valence-electron chi connectivity index (χ1n) is 7.70. The third-order valence-electron chi connectivity index (χ3n) is 3.99. The number of carbonyl (C=O) groups excluding carboxylic acids is 1. The summed E-state index contributed by atoms with van der Waals surface area (Å²) in [6, 6.07) is 8.37. The number of rotatable bonds is 4. The number of esters is 1. The Morgan fingerprint density at radius 1 is 1.31 bits per heavy atom. The SMILES string of the molecule is Cc1c(O)ccc2c(COC(=O)Cc3c(F)cccc3Cl)cc(=O)oc12. The first-order valence-corrected chi connectivity index (χ1v) is 8.08. The molecular weight excluding hydrogens is 363 g/mol. The fourth-order valence-corrected chi connectivity index (χ4v) is 2.82. The summed E-state index contributed by atoms with van der Waals surface area (Å²) < 4.78 is 24.0. The van der Waals surface area contributed by atoms with Crippen molar-refractivity contribution in [2.24, 2.45) is 0 Å². The molecule has 1 heterocycles. The van der Waals surface area contributed by atoms with Crippen LogP contribution < -0.4 is 5.63 Å². The van der Waals surface area contributed by atoms with E-state index in [1.54, 1.807) is 13.0 Å². The quantitative estimate of drug-likeness (QED) is 0.552. The van der Waals surface area contributed by atoms with Gasteiger partial charge in [0.25, 0.3) is 0 Å². The number of aryl methyl sites for hydroxylation is 1. The number of ether oxygens (including phenoxy) is 1. The van der Waals surface area contributed by atoms with E-state index in [-0.39, 0.29) is 34.9 Å². The van der Waals surface area contributed by atoms with Crippen LogP contribution in [0.2, 0.25) is 5.02 Å². The van der Waals surface area contributed by atoms with Gasteiger partial charge in [-0.3, -0.25) is 4.79 Å². The summed E-state index contributed by atoms with van der Waals surface area (Å²) in [6.07, 6.45) is -0.329. The van der Waals surface area contributed by atoms with Gasteiger partial charge in [-0.05, 0) is 31.2 Å². The second-order valence-electron chi connectivity index (χ2n) is 5.71. The van der Waals surface area contributed by atoms with Crippen LogP contribution in [0, 0.1) is 12.7 Å². The molecule has 1 N–H and O–H groups in total. The number of aromatic hydroxyl groups is 1. The van der Waals surface area contributed by atoms with E-state index in [1.807, 2.05) is 0 Å². The smallest absolute Gasteiger partial charge is 0.336 e. The fraction of sp³-hybridized carbons (Fsp3) is 0.158. The van der Waals surface area contributed by atoms with Gasteiger partial charge in [-0.15, -0.1) is 0 Å². The third-order valence-corrected chi connectivity index (χ3v) is 4.34. The predicted octanol–water partition coefficient (Wildman–Crippen LogP) is 3.89. The van der Waals surface area contributed by atoms with Crippen molar-refractivity contribution in [3.05, 3.63) is 74.3 Å². The average Bonchev–Trinajstić information content (AvgIpc) is 2.60. The molecule has 134 valence electrons. The highest BCUT2D eigenvalue weighted by atomic mass is 35.5. The van der Waals surface area contributed by atoms with E-state index in [0.717, 1.165) is 0 Å². The number of phenols is 1. The lowest BCUT2D eigenvalue weighted by Crippen LogP contribution is -2.11. The van der Waals surface area contributed by atoms with Gasteiger partial charge in [0, 0.05) is 33.2 Å². The van der Waals surface area contributed by atoms with Crippen LogP contribution in [-0.4, -0.2) is 11.1 Å². The van der Waals surface area contributed by atoms with Crippen molar-refractivity contribution < 1.29 is 23.4 Å². The Balaban J connectivity index is 1.83. The lowest BCUT2D eigenvalue weighted by Gasteiger charge is -2.10. The molecule has 3 rings (SSSR count). The monoisotopic (exact) mass is 376 g/mol. The Kier molecular flexibility index (Phi) is 4.95. The molecule has 0 aliphatic heterocycles. The summed E-state index contributed by atoms with van der Waals surface area (Å²) in [6.45, 7) is 1.41. The molecule has 0 spiro atoms. The van der Waals surface area contributed by atoms with Gasteiger partial charge in [-0.1, -0.05) is 17.7 Å². The largest absolute Gasteiger partial charge is 0.508 e. The topological polar surface area (TPSA) is 76.7 Å². The minimum Gasteiger partial charge on any atom is -0.508 e. The molecule has 0 radical (unpaired) electrons. The molecule has 0 atom stereocenters. The summed E-state index contributed by atoms with van der Waals surface area (Å²) in [7, 11) is 0. The van der Waals surface area contributed by atoms with E-state index in [9.17, 15) is 19.1 Å². The lowest BCUT2D eigenvalue weighted by molar-refractivity contribution is -0.144. The van der Waals surface area contributed by atoms with Crippen LogP contribution in [-0.2, 0) is 22.6 Å². The van der Waals surface area contributed by atoms with Gasteiger partial charge in [0.15, 0.2) is 0 Å². The van der Waals surface area contributed by atoms with Gasteiger partial charge in [0.1, 0.15) is 23.8 Å². The van der Waals surface area contributed by atoms with Crippen molar-refractivity contribution in [2.75, 3.05) is 0 Å². The molecule has 0 unspecified atom stereocenters. The standard InChI is InChI=1S/C19H14ClFO5/c1-10-16(22)6-5-12-11(7-18(24)26-19(10)12)9-25-17(23)8-13-14(20)3-2-4-15(13)21/h2-7,22H,8-9H2,1H3. The zero-order chi connectivity index (χ0) is 18.8. The van der Waals surface area contributed by atoms with Gasteiger partial charge in [-0.2, -0.15) is 0 Å². The number of hydrogen-bond donors (Lipinski definition) is 1.